The maximum Gasteiger partial charge on any atom is 0.409 e. The molecule has 2 amide bonds. The fraction of sp³-hybridized carbons (Fsp3) is 0.857. The first-order valence-electron chi connectivity index (χ1n) is 7.63. The molecular formula is C14H25N3O3. The maximum absolute atomic E-state index is 11.5. The monoisotopic (exact) mass is 283 g/mol. The van der Waals surface area contributed by atoms with Gasteiger partial charge in [-0.25, -0.2) is 4.79 Å². The number of amides is 2. The van der Waals surface area contributed by atoms with E-state index in [1.54, 1.807) is 4.90 Å². The van der Waals surface area contributed by atoms with Crippen molar-refractivity contribution in [1.82, 2.24) is 15.5 Å². The molecule has 1 saturated carbocycles. The fourth-order valence-corrected chi connectivity index (χ4v) is 2.43. The molecule has 6 nitrogen and oxygen atoms in total. The van der Waals surface area contributed by atoms with Gasteiger partial charge in [-0.15, -0.1) is 0 Å². The van der Waals surface area contributed by atoms with Crippen LogP contribution in [0, 0.1) is 5.92 Å². The van der Waals surface area contributed by atoms with Gasteiger partial charge in [0.25, 0.3) is 0 Å². The van der Waals surface area contributed by atoms with Crippen molar-refractivity contribution in [2.45, 2.75) is 38.6 Å². The first-order valence-corrected chi connectivity index (χ1v) is 7.63. The molecule has 0 unspecified atom stereocenters. The van der Waals surface area contributed by atoms with Gasteiger partial charge in [0.15, 0.2) is 0 Å². The van der Waals surface area contributed by atoms with Crippen molar-refractivity contribution >= 4 is 12.0 Å². The summed E-state index contributed by atoms with van der Waals surface area (Å²) >= 11 is 0. The molecule has 2 N–H and O–H groups in total. The van der Waals surface area contributed by atoms with Crippen LogP contribution in [0.3, 0.4) is 0 Å². The molecule has 0 aromatic heterocycles. The summed E-state index contributed by atoms with van der Waals surface area (Å²) in [5.74, 6) is 0.478. The lowest BCUT2D eigenvalue weighted by Crippen LogP contribution is -2.46. The summed E-state index contributed by atoms with van der Waals surface area (Å²) in [6.07, 6.45) is 3.77. The summed E-state index contributed by atoms with van der Waals surface area (Å²) in [5.41, 5.74) is 0. The standard InChI is InChI=1S/C14H25N3O3/c1-2-20-14(19)17-9-5-12(6-10-17)15-7-8-16-13(18)11-3-4-11/h11-12,15H,2-10H2,1H3,(H,16,18). The first kappa shape index (κ1) is 15.1. The van der Waals surface area contributed by atoms with Gasteiger partial charge in [0.2, 0.25) is 5.91 Å². The van der Waals surface area contributed by atoms with E-state index in [0.717, 1.165) is 45.3 Å². The molecule has 2 fully saturated rings. The molecule has 20 heavy (non-hydrogen) atoms. The SMILES string of the molecule is CCOC(=O)N1CCC(NCCNC(=O)C2CC2)CC1. The molecule has 0 radical (unpaired) electrons. The Bertz CT molecular complexity index is 337. The molecule has 1 saturated heterocycles. The second kappa shape index (κ2) is 7.47. The largest absolute Gasteiger partial charge is 0.450 e. The third kappa shape index (κ3) is 4.67. The number of nitrogens with one attached hydrogen (secondary N) is 2. The number of carbonyl (C=O) groups excluding carboxylic acids is 2. The Labute approximate surface area is 120 Å². The van der Waals surface area contributed by atoms with Gasteiger partial charge >= 0.3 is 6.09 Å². The molecule has 0 spiro atoms. The predicted octanol–water partition coefficient (Wildman–Crippen LogP) is 0.723. The lowest BCUT2D eigenvalue weighted by atomic mass is 10.1. The van der Waals surface area contributed by atoms with E-state index in [9.17, 15) is 9.59 Å². The van der Waals surface area contributed by atoms with E-state index in [0.29, 0.717) is 19.2 Å². The van der Waals surface area contributed by atoms with Crippen molar-refractivity contribution < 1.29 is 14.3 Å². The van der Waals surface area contributed by atoms with Gasteiger partial charge in [0, 0.05) is 38.1 Å². The third-order valence-corrected chi connectivity index (χ3v) is 3.83. The second-order valence-corrected chi connectivity index (χ2v) is 5.48. The molecular weight excluding hydrogens is 258 g/mol. The first-order chi connectivity index (χ1) is 9.70. The van der Waals surface area contributed by atoms with E-state index in [1.165, 1.54) is 0 Å². The Balaban J connectivity index is 1.53. The van der Waals surface area contributed by atoms with E-state index in [4.69, 9.17) is 4.74 Å². The highest BCUT2D eigenvalue weighted by Gasteiger charge is 2.29. The van der Waals surface area contributed by atoms with Crippen LogP contribution in [0.5, 0.6) is 0 Å². The molecule has 6 heteroatoms. The average Bonchev–Trinajstić information content (AvgIpc) is 3.29. The van der Waals surface area contributed by atoms with Gasteiger partial charge in [-0.3, -0.25) is 4.79 Å². The fourth-order valence-electron chi connectivity index (χ4n) is 2.43. The lowest BCUT2D eigenvalue weighted by Gasteiger charge is -2.31. The van der Waals surface area contributed by atoms with E-state index < -0.39 is 0 Å². The zero-order chi connectivity index (χ0) is 14.4. The van der Waals surface area contributed by atoms with Crippen LogP contribution in [0.2, 0.25) is 0 Å². The van der Waals surface area contributed by atoms with Crippen LogP contribution < -0.4 is 10.6 Å². The molecule has 1 aliphatic heterocycles. The van der Waals surface area contributed by atoms with Crippen molar-refractivity contribution in [3.05, 3.63) is 0 Å². The van der Waals surface area contributed by atoms with Crippen molar-refractivity contribution in [2.75, 3.05) is 32.8 Å². The van der Waals surface area contributed by atoms with E-state index in [-0.39, 0.29) is 17.9 Å². The third-order valence-electron chi connectivity index (χ3n) is 3.83. The highest BCUT2D eigenvalue weighted by molar-refractivity contribution is 5.80. The Morgan fingerprint density at radius 3 is 2.45 bits per heavy atom. The van der Waals surface area contributed by atoms with Gasteiger partial charge in [-0.1, -0.05) is 0 Å². The summed E-state index contributed by atoms with van der Waals surface area (Å²) in [7, 11) is 0. The molecule has 0 aromatic carbocycles. The average molecular weight is 283 g/mol. The zero-order valence-electron chi connectivity index (χ0n) is 12.2. The van der Waals surface area contributed by atoms with Crippen molar-refractivity contribution in [3.8, 4) is 0 Å². The number of likely N-dealkylation sites (tertiary alicyclic amines) is 1. The van der Waals surface area contributed by atoms with Gasteiger partial charge in [-0.05, 0) is 32.6 Å². The van der Waals surface area contributed by atoms with Gasteiger partial charge in [-0.2, -0.15) is 0 Å². The molecule has 0 atom stereocenters. The molecule has 1 aliphatic carbocycles. The lowest BCUT2D eigenvalue weighted by molar-refractivity contribution is -0.122. The molecule has 114 valence electrons. The number of rotatable bonds is 6. The summed E-state index contributed by atoms with van der Waals surface area (Å²) in [6, 6.07) is 0.429. The number of carbonyl (C=O) groups is 2. The summed E-state index contributed by atoms with van der Waals surface area (Å²) < 4.78 is 4.99. The van der Waals surface area contributed by atoms with Crippen molar-refractivity contribution in [2.24, 2.45) is 5.92 Å². The topological polar surface area (TPSA) is 70.7 Å². The van der Waals surface area contributed by atoms with Gasteiger partial charge < -0.3 is 20.3 Å². The van der Waals surface area contributed by atoms with Crippen LogP contribution in [0.15, 0.2) is 0 Å². The Hall–Kier alpha value is -1.30. The van der Waals surface area contributed by atoms with Crippen LogP contribution >= 0.6 is 0 Å². The molecule has 1 heterocycles. The van der Waals surface area contributed by atoms with Crippen molar-refractivity contribution in [1.29, 1.82) is 0 Å². The van der Waals surface area contributed by atoms with Crippen molar-refractivity contribution in [3.63, 3.8) is 0 Å². The van der Waals surface area contributed by atoms with Crippen LogP contribution in [0.4, 0.5) is 4.79 Å². The zero-order valence-corrected chi connectivity index (χ0v) is 12.2. The summed E-state index contributed by atoms with van der Waals surface area (Å²) in [4.78, 5) is 24.7. The molecule has 2 rings (SSSR count). The number of hydrogen-bond acceptors (Lipinski definition) is 4. The number of nitrogens with zero attached hydrogens (tertiary/aromatic N) is 1. The van der Waals surface area contributed by atoms with Gasteiger partial charge in [0.1, 0.15) is 0 Å². The quantitative estimate of drug-likeness (QED) is 0.705. The smallest absolute Gasteiger partial charge is 0.409 e. The predicted molar refractivity (Wildman–Crippen MR) is 75.4 cm³/mol. The Morgan fingerprint density at radius 2 is 1.85 bits per heavy atom. The normalized spacial score (nSPS) is 19.8. The highest BCUT2D eigenvalue weighted by Crippen LogP contribution is 2.28. The Kier molecular flexibility index (Phi) is 5.64. The number of piperidine rings is 1. The van der Waals surface area contributed by atoms with Crippen LogP contribution in [0.25, 0.3) is 0 Å². The summed E-state index contributed by atoms with van der Waals surface area (Å²) in [6.45, 7) is 5.21. The minimum absolute atomic E-state index is 0.198. The van der Waals surface area contributed by atoms with E-state index in [1.807, 2.05) is 6.92 Å². The number of ether oxygens (including phenoxy) is 1. The second-order valence-electron chi connectivity index (χ2n) is 5.48. The van der Waals surface area contributed by atoms with E-state index >= 15 is 0 Å². The molecule has 0 bridgehead atoms. The maximum atomic E-state index is 11.5. The van der Waals surface area contributed by atoms with Crippen LogP contribution in [-0.4, -0.2) is 55.7 Å². The minimum atomic E-state index is -0.206. The van der Waals surface area contributed by atoms with Gasteiger partial charge in [0.05, 0.1) is 6.61 Å². The van der Waals surface area contributed by atoms with Crippen LogP contribution in [-0.2, 0) is 9.53 Å². The minimum Gasteiger partial charge on any atom is -0.450 e. The van der Waals surface area contributed by atoms with Crippen LogP contribution in [0.1, 0.15) is 32.6 Å². The molecule has 0 aromatic rings. The molecule has 2 aliphatic rings. The number of hydrogen-bond donors (Lipinski definition) is 2. The van der Waals surface area contributed by atoms with E-state index in [2.05, 4.69) is 10.6 Å². The summed E-state index contributed by atoms with van der Waals surface area (Å²) in [5, 5.41) is 6.38. The Morgan fingerprint density at radius 1 is 1.15 bits per heavy atom. The highest BCUT2D eigenvalue weighted by atomic mass is 16.6.